The predicted molar refractivity (Wildman–Crippen MR) is 110 cm³/mol. The van der Waals surface area contributed by atoms with Crippen molar-refractivity contribution in [2.45, 2.75) is 6.54 Å². The molecule has 4 rings (SSSR count). The minimum Gasteiger partial charge on any atom is -0.353 e. The Kier molecular flexibility index (Phi) is 5.50. The monoisotopic (exact) mass is 415 g/mol. The number of aromatic nitrogens is 3. The summed E-state index contributed by atoms with van der Waals surface area (Å²) in [5.74, 6) is 0.830. The lowest BCUT2D eigenvalue weighted by Crippen LogP contribution is -2.49. The van der Waals surface area contributed by atoms with Crippen LogP contribution in [0.1, 0.15) is 15.9 Å². The molecule has 1 amide bonds. The molecule has 1 aromatic carbocycles. The van der Waals surface area contributed by atoms with Crippen molar-refractivity contribution in [3.8, 4) is 0 Å². The number of rotatable bonds is 4. The van der Waals surface area contributed by atoms with Gasteiger partial charge in [0, 0.05) is 37.4 Å². The fourth-order valence-corrected chi connectivity index (χ4v) is 3.61. The number of carbonyl (C=O) groups is 1. The second kappa shape index (κ2) is 8.20. The van der Waals surface area contributed by atoms with Crippen molar-refractivity contribution < 1.29 is 4.79 Å². The molecule has 8 heteroatoms. The van der Waals surface area contributed by atoms with Gasteiger partial charge >= 0.3 is 0 Å². The molecule has 2 aromatic heterocycles. The number of benzene rings is 1. The van der Waals surface area contributed by atoms with E-state index in [2.05, 4.69) is 15.0 Å². The fraction of sp³-hybridized carbons (Fsp3) is 0.250. The Labute approximate surface area is 173 Å². The maximum atomic E-state index is 12.8. The average molecular weight is 416 g/mol. The van der Waals surface area contributed by atoms with E-state index in [-0.39, 0.29) is 5.91 Å². The highest BCUT2D eigenvalue weighted by atomic mass is 35.5. The Balaban J connectivity index is 1.38. The van der Waals surface area contributed by atoms with Crippen molar-refractivity contribution in [2.24, 2.45) is 0 Å². The molecule has 144 valence electrons. The Morgan fingerprint density at radius 2 is 1.79 bits per heavy atom. The minimum absolute atomic E-state index is 0.0101. The van der Waals surface area contributed by atoms with Gasteiger partial charge in [-0.15, -0.1) is 0 Å². The third-order valence-corrected chi connectivity index (χ3v) is 5.34. The average Bonchev–Trinajstić information content (AvgIpc) is 3.18. The van der Waals surface area contributed by atoms with E-state index in [1.807, 2.05) is 41.3 Å². The van der Waals surface area contributed by atoms with Gasteiger partial charge in [-0.05, 0) is 23.8 Å². The summed E-state index contributed by atoms with van der Waals surface area (Å²) in [4.78, 5) is 21.1. The second-order valence-corrected chi connectivity index (χ2v) is 7.41. The first-order chi connectivity index (χ1) is 13.6. The molecule has 0 radical (unpaired) electrons. The van der Waals surface area contributed by atoms with E-state index in [0.29, 0.717) is 48.5 Å². The lowest BCUT2D eigenvalue weighted by molar-refractivity contribution is 0.0746. The second-order valence-electron chi connectivity index (χ2n) is 6.62. The highest BCUT2D eigenvalue weighted by Gasteiger charge is 2.24. The summed E-state index contributed by atoms with van der Waals surface area (Å²) < 4.78 is 1.74. The van der Waals surface area contributed by atoms with Crippen LogP contribution >= 0.6 is 23.2 Å². The lowest BCUT2D eigenvalue weighted by atomic mass is 10.2. The molecule has 3 aromatic rings. The Hall–Kier alpha value is -2.57. The van der Waals surface area contributed by atoms with Crippen molar-refractivity contribution in [3.63, 3.8) is 0 Å². The molecule has 0 aliphatic carbocycles. The summed E-state index contributed by atoms with van der Waals surface area (Å²) in [6.07, 6.45) is 3.39. The molecule has 1 aliphatic rings. The molecule has 0 atom stereocenters. The highest BCUT2D eigenvalue weighted by molar-refractivity contribution is 6.31. The van der Waals surface area contributed by atoms with Crippen LogP contribution in [-0.2, 0) is 6.54 Å². The quantitative estimate of drug-likeness (QED) is 0.610. The third-order valence-electron chi connectivity index (χ3n) is 4.76. The van der Waals surface area contributed by atoms with Gasteiger partial charge in [0.25, 0.3) is 5.91 Å². The molecule has 1 aliphatic heterocycles. The number of anilines is 1. The predicted octanol–water partition coefficient (Wildman–Crippen LogP) is 3.60. The zero-order chi connectivity index (χ0) is 19.5. The number of hydrogen-bond acceptors (Lipinski definition) is 4. The maximum Gasteiger partial charge on any atom is 0.257 e. The van der Waals surface area contributed by atoms with Gasteiger partial charge in [0.1, 0.15) is 11.0 Å². The molecule has 6 nitrogen and oxygen atoms in total. The summed E-state index contributed by atoms with van der Waals surface area (Å²) in [5.41, 5.74) is 1.55. The van der Waals surface area contributed by atoms with Crippen LogP contribution in [0.3, 0.4) is 0 Å². The largest absolute Gasteiger partial charge is 0.353 e. The highest BCUT2D eigenvalue weighted by Crippen LogP contribution is 2.18. The number of carbonyl (C=O) groups excluding carboxylic acids is 1. The number of amides is 1. The Bertz CT molecular complexity index is 982. The van der Waals surface area contributed by atoms with Crippen LogP contribution in [-0.4, -0.2) is 51.8 Å². The minimum atomic E-state index is -0.0101. The molecule has 3 heterocycles. The smallest absolute Gasteiger partial charge is 0.257 e. The Morgan fingerprint density at radius 3 is 2.54 bits per heavy atom. The maximum absolute atomic E-state index is 12.8. The molecule has 28 heavy (non-hydrogen) atoms. The molecular weight excluding hydrogens is 397 g/mol. The van der Waals surface area contributed by atoms with Crippen molar-refractivity contribution in [1.82, 2.24) is 19.7 Å². The summed E-state index contributed by atoms with van der Waals surface area (Å²) in [5, 5.41) is 5.48. The van der Waals surface area contributed by atoms with Crippen molar-refractivity contribution in [1.29, 1.82) is 0 Å². The standard InChI is InChI=1S/C20H19Cl2N5O/c21-17-5-2-1-4-15(17)13-27-14-16(12-23-27)20(28)26-10-8-25(9-11-26)19-7-3-6-18(22)24-19/h1-7,12,14H,8-11,13H2. The van der Waals surface area contributed by atoms with Crippen LogP contribution in [0.25, 0.3) is 0 Å². The summed E-state index contributed by atoms with van der Waals surface area (Å²) in [6, 6.07) is 13.2. The third kappa shape index (κ3) is 4.13. The van der Waals surface area contributed by atoms with Crippen LogP contribution in [0.5, 0.6) is 0 Å². The first-order valence-corrected chi connectivity index (χ1v) is 9.78. The normalized spacial score (nSPS) is 14.4. The van der Waals surface area contributed by atoms with Crippen molar-refractivity contribution in [3.05, 3.63) is 76.2 Å². The number of halogens is 2. The van der Waals surface area contributed by atoms with Gasteiger partial charge in [0.15, 0.2) is 0 Å². The zero-order valence-corrected chi connectivity index (χ0v) is 16.6. The number of piperazine rings is 1. The molecular formula is C20H19Cl2N5O. The molecule has 1 saturated heterocycles. The van der Waals surface area contributed by atoms with Crippen molar-refractivity contribution in [2.75, 3.05) is 31.1 Å². The molecule has 0 spiro atoms. The van der Waals surface area contributed by atoms with E-state index >= 15 is 0 Å². The number of hydrogen-bond donors (Lipinski definition) is 0. The van der Waals surface area contributed by atoms with Gasteiger partial charge in [0.05, 0.1) is 18.3 Å². The lowest BCUT2D eigenvalue weighted by Gasteiger charge is -2.35. The van der Waals surface area contributed by atoms with Gasteiger partial charge in [-0.3, -0.25) is 9.48 Å². The van der Waals surface area contributed by atoms with Crippen LogP contribution in [0.4, 0.5) is 5.82 Å². The van der Waals surface area contributed by atoms with E-state index in [1.165, 1.54) is 0 Å². The number of pyridine rings is 1. The van der Waals surface area contributed by atoms with Gasteiger partial charge < -0.3 is 9.80 Å². The van der Waals surface area contributed by atoms with E-state index < -0.39 is 0 Å². The van der Waals surface area contributed by atoms with Gasteiger partial charge in [-0.2, -0.15) is 5.10 Å². The van der Waals surface area contributed by atoms with E-state index in [0.717, 1.165) is 11.4 Å². The van der Waals surface area contributed by atoms with E-state index in [1.54, 1.807) is 23.1 Å². The topological polar surface area (TPSA) is 54.3 Å². The summed E-state index contributed by atoms with van der Waals surface area (Å²) >= 11 is 12.2. The van der Waals surface area contributed by atoms with Gasteiger partial charge in [-0.25, -0.2) is 4.98 Å². The van der Waals surface area contributed by atoms with Crippen molar-refractivity contribution >= 4 is 34.9 Å². The molecule has 0 bridgehead atoms. The molecule has 1 fully saturated rings. The fourth-order valence-electron chi connectivity index (χ4n) is 3.26. The SMILES string of the molecule is O=C(c1cnn(Cc2ccccc2Cl)c1)N1CCN(c2cccc(Cl)n2)CC1. The van der Waals surface area contributed by atoms with Gasteiger partial charge in [0.2, 0.25) is 0 Å². The van der Waals surface area contributed by atoms with Crippen LogP contribution in [0.15, 0.2) is 54.9 Å². The molecule has 0 N–H and O–H groups in total. The van der Waals surface area contributed by atoms with E-state index in [4.69, 9.17) is 23.2 Å². The van der Waals surface area contributed by atoms with Crippen LogP contribution in [0.2, 0.25) is 10.2 Å². The Morgan fingerprint density at radius 1 is 1.00 bits per heavy atom. The summed E-state index contributed by atoms with van der Waals surface area (Å²) in [6.45, 7) is 3.21. The number of nitrogens with zero attached hydrogens (tertiary/aromatic N) is 5. The summed E-state index contributed by atoms with van der Waals surface area (Å²) in [7, 11) is 0. The molecule has 0 unspecified atom stereocenters. The first-order valence-electron chi connectivity index (χ1n) is 9.03. The molecule has 0 saturated carbocycles. The first kappa shape index (κ1) is 18.8. The zero-order valence-electron chi connectivity index (χ0n) is 15.1. The van der Waals surface area contributed by atoms with E-state index in [9.17, 15) is 4.79 Å². The van der Waals surface area contributed by atoms with Crippen LogP contribution in [0, 0.1) is 0 Å². The van der Waals surface area contributed by atoms with Gasteiger partial charge in [-0.1, -0.05) is 47.5 Å². The van der Waals surface area contributed by atoms with Crippen LogP contribution < -0.4 is 4.90 Å².